The van der Waals surface area contributed by atoms with Gasteiger partial charge in [0.25, 0.3) is 0 Å². The Bertz CT molecular complexity index is 1070. The summed E-state index contributed by atoms with van der Waals surface area (Å²) in [6.07, 6.45) is 1.09. The number of esters is 1. The second kappa shape index (κ2) is 9.71. The quantitative estimate of drug-likeness (QED) is 0.478. The molecule has 0 radical (unpaired) electrons. The summed E-state index contributed by atoms with van der Waals surface area (Å²) in [4.78, 5) is 27.7. The Morgan fingerprint density at radius 3 is 2.78 bits per heavy atom. The first kappa shape index (κ1) is 22.3. The Balaban J connectivity index is 1.71. The van der Waals surface area contributed by atoms with E-state index in [9.17, 15) is 14.7 Å². The SMILES string of the molecule is CCOCCOC(=O)C1=C(C)NC2=C(C(=O)C[C@H](c3cccs3)C2)[C@H]1c1cccc(O)c1. The number of aromatic hydroxyl groups is 1. The lowest BCUT2D eigenvalue weighted by Gasteiger charge is -2.36. The zero-order valence-corrected chi connectivity index (χ0v) is 19.0. The third kappa shape index (κ3) is 4.49. The Kier molecular flexibility index (Phi) is 6.77. The molecule has 1 aromatic heterocycles. The Hall–Kier alpha value is -2.90. The molecule has 0 spiro atoms. The topological polar surface area (TPSA) is 84.9 Å². The van der Waals surface area contributed by atoms with Gasteiger partial charge in [-0.2, -0.15) is 0 Å². The maximum absolute atomic E-state index is 13.4. The largest absolute Gasteiger partial charge is 0.508 e. The predicted octanol–water partition coefficient (Wildman–Crippen LogP) is 4.40. The summed E-state index contributed by atoms with van der Waals surface area (Å²) >= 11 is 1.66. The van der Waals surface area contributed by atoms with Gasteiger partial charge in [-0.25, -0.2) is 4.79 Å². The van der Waals surface area contributed by atoms with E-state index >= 15 is 0 Å². The Labute approximate surface area is 191 Å². The molecule has 0 saturated carbocycles. The molecule has 2 N–H and O–H groups in total. The second-order valence-electron chi connectivity index (χ2n) is 7.96. The molecule has 6 nitrogen and oxygen atoms in total. The van der Waals surface area contributed by atoms with Gasteiger partial charge in [-0.1, -0.05) is 18.2 Å². The standard InChI is InChI=1S/C25H27NO5S/c1-3-30-9-10-31-25(29)22-15(2)26-19-13-17(21-8-5-11-32-21)14-20(28)24(19)23(22)16-6-4-7-18(27)12-16/h4-8,11-12,17,23,26-27H,3,9-10,13-14H2,1-2H3/t17-,23+/m1/s1. The molecule has 2 atom stereocenters. The summed E-state index contributed by atoms with van der Waals surface area (Å²) in [5, 5.41) is 15.5. The number of benzene rings is 1. The number of phenols is 1. The van der Waals surface area contributed by atoms with Gasteiger partial charge < -0.3 is 19.9 Å². The molecule has 0 fully saturated rings. The predicted molar refractivity (Wildman–Crippen MR) is 122 cm³/mol. The number of thiophene rings is 1. The molecule has 1 aliphatic heterocycles. The van der Waals surface area contributed by atoms with Gasteiger partial charge in [0.15, 0.2) is 5.78 Å². The lowest BCUT2D eigenvalue weighted by Crippen LogP contribution is -2.36. The first-order valence-electron chi connectivity index (χ1n) is 10.8. The van der Waals surface area contributed by atoms with Crippen LogP contribution in [0.25, 0.3) is 0 Å². The molecule has 1 aromatic carbocycles. The molecule has 0 saturated heterocycles. The van der Waals surface area contributed by atoms with Gasteiger partial charge in [-0.05, 0) is 49.4 Å². The van der Waals surface area contributed by atoms with Crippen molar-refractivity contribution in [2.24, 2.45) is 0 Å². The van der Waals surface area contributed by atoms with Crippen molar-refractivity contribution in [3.05, 3.63) is 74.8 Å². The molecule has 32 heavy (non-hydrogen) atoms. The van der Waals surface area contributed by atoms with Crippen molar-refractivity contribution in [1.29, 1.82) is 0 Å². The van der Waals surface area contributed by atoms with Crippen molar-refractivity contribution in [1.82, 2.24) is 5.32 Å². The van der Waals surface area contributed by atoms with Crippen LogP contribution in [0.4, 0.5) is 0 Å². The molecule has 0 amide bonds. The fourth-order valence-electron chi connectivity index (χ4n) is 4.49. The molecule has 2 aromatic rings. The Morgan fingerprint density at radius 1 is 1.22 bits per heavy atom. The summed E-state index contributed by atoms with van der Waals surface area (Å²) in [6.45, 7) is 4.70. The van der Waals surface area contributed by atoms with E-state index < -0.39 is 11.9 Å². The smallest absolute Gasteiger partial charge is 0.336 e. The number of ketones is 1. The lowest BCUT2D eigenvalue weighted by atomic mass is 9.72. The number of nitrogens with one attached hydrogen (secondary N) is 1. The van der Waals surface area contributed by atoms with E-state index in [4.69, 9.17) is 9.47 Å². The first-order chi connectivity index (χ1) is 15.5. The third-order valence-electron chi connectivity index (χ3n) is 5.86. The summed E-state index contributed by atoms with van der Waals surface area (Å²) < 4.78 is 10.7. The summed E-state index contributed by atoms with van der Waals surface area (Å²) in [7, 11) is 0. The van der Waals surface area contributed by atoms with Crippen molar-refractivity contribution in [2.75, 3.05) is 19.8 Å². The molecule has 4 rings (SSSR count). The van der Waals surface area contributed by atoms with Crippen molar-refractivity contribution in [3.8, 4) is 5.75 Å². The molecular weight excluding hydrogens is 426 g/mol. The highest BCUT2D eigenvalue weighted by molar-refractivity contribution is 7.10. The summed E-state index contributed by atoms with van der Waals surface area (Å²) in [5.41, 5.74) is 3.19. The maximum atomic E-state index is 13.4. The number of rotatable bonds is 7. The van der Waals surface area contributed by atoms with E-state index in [2.05, 4.69) is 11.4 Å². The number of hydrogen-bond donors (Lipinski definition) is 2. The van der Waals surface area contributed by atoms with E-state index in [-0.39, 0.29) is 24.1 Å². The van der Waals surface area contributed by atoms with Crippen LogP contribution in [0, 0.1) is 0 Å². The van der Waals surface area contributed by atoms with Crippen molar-refractivity contribution in [2.45, 2.75) is 38.5 Å². The average Bonchev–Trinajstić information content (AvgIpc) is 3.30. The van der Waals surface area contributed by atoms with E-state index in [1.165, 1.54) is 4.88 Å². The number of carbonyl (C=O) groups excluding carboxylic acids is 2. The van der Waals surface area contributed by atoms with E-state index in [0.29, 0.717) is 48.5 Å². The molecule has 0 unspecified atom stereocenters. The number of dihydropyridines is 1. The van der Waals surface area contributed by atoms with Gasteiger partial charge in [-0.3, -0.25) is 4.79 Å². The Morgan fingerprint density at radius 2 is 2.06 bits per heavy atom. The fourth-order valence-corrected chi connectivity index (χ4v) is 5.32. The van der Waals surface area contributed by atoms with Crippen molar-refractivity contribution < 1.29 is 24.2 Å². The summed E-state index contributed by atoms with van der Waals surface area (Å²) in [5.74, 6) is -0.856. The first-order valence-corrected chi connectivity index (χ1v) is 11.7. The number of Topliss-reactive ketones (excluding diaryl/α,β-unsaturated/α-hetero) is 1. The van der Waals surface area contributed by atoms with E-state index in [1.807, 2.05) is 31.4 Å². The van der Waals surface area contributed by atoms with Gasteiger partial charge in [0.2, 0.25) is 0 Å². The minimum atomic E-state index is -0.588. The highest BCUT2D eigenvalue weighted by atomic mass is 32.1. The fraction of sp³-hybridized carbons (Fsp3) is 0.360. The number of phenolic OH excluding ortho intramolecular Hbond substituents is 1. The zero-order chi connectivity index (χ0) is 22.7. The van der Waals surface area contributed by atoms with Gasteiger partial charge in [0.1, 0.15) is 12.4 Å². The maximum Gasteiger partial charge on any atom is 0.336 e. The van der Waals surface area contributed by atoms with Crippen LogP contribution < -0.4 is 5.32 Å². The molecule has 0 bridgehead atoms. The van der Waals surface area contributed by atoms with Crippen LogP contribution in [0.5, 0.6) is 5.75 Å². The van der Waals surface area contributed by atoms with E-state index in [0.717, 1.165) is 5.70 Å². The number of carbonyl (C=O) groups is 2. The molecule has 168 valence electrons. The van der Waals surface area contributed by atoms with Gasteiger partial charge in [0.05, 0.1) is 12.2 Å². The molecule has 2 heterocycles. The highest BCUT2D eigenvalue weighted by Crippen LogP contribution is 2.46. The lowest BCUT2D eigenvalue weighted by molar-refractivity contribution is -0.140. The summed E-state index contributed by atoms with van der Waals surface area (Å²) in [6, 6.07) is 10.8. The van der Waals surface area contributed by atoms with E-state index in [1.54, 1.807) is 29.5 Å². The highest BCUT2D eigenvalue weighted by Gasteiger charge is 2.41. The average molecular weight is 454 g/mol. The van der Waals surface area contributed by atoms with Crippen LogP contribution in [-0.2, 0) is 19.1 Å². The van der Waals surface area contributed by atoms with Crippen molar-refractivity contribution >= 4 is 23.1 Å². The molecule has 1 aliphatic carbocycles. The molecule has 7 heteroatoms. The number of ether oxygens (including phenoxy) is 2. The molecular formula is C25H27NO5S. The normalized spacial score (nSPS) is 20.8. The number of allylic oxidation sites excluding steroid dienone is 3. The second-order valence-corrected chi connectivity index (χ2v) is 8.94. The van der Waals surface area contributed by atoms with Crippen LogP contribution in [-0.4, -0.2) is 36.7 Å². The minimum Gasteiger partial charge on any atom is -0.508 e. The third-order valence-corrected chi connectivity index (χ3v) is 6.90. The molecule has 2 aliphatic rings. The number of hydrogen-bond acceptors (Lipinski definition) is 7. The van der Waals surface area contributed by atoms with Crippen LogP contribution in [0.3, 0.4) is 0 Å². The van der Waals surface area contributed by atoms with Gasteiger partial charge in [0, 0.05) is 46.7 Å². The van der Waals surface area contributed by atoms with Crippen molar-refractivity contribution in [3.63, 3.8) is 0 Å². The van der Waals surface area contributed by atoms with Crippen LogP contribution in [0.1, 0.15) is 49.0 Å². The minimum absolute atomic E-state index is 0.0117. The monoisotopic (exact) mass is 453 g/mol. The zero-order valence-electron chi connectivity index (χ0n) is 18.2. The van der Waals surface area contributed by atoms with Crippen LogP contribution in [0.15, 0.2) is 64.3 Å². The van der Waals surface area contributed by atoms with Gasteiger partial charge in [-0.15, -0.1) is 11.3 Å². The van der Waals surface area contributed by atoms with Crippen LogP contribution >= 0.6 is 11.3 Å². The van der Waals surface area contributed by atoms with Crippen LogP contribution in [0.2, 0.25) is 0 Å². The van der Waals surface area contributed by atoms with Gasteiger partial charge >= 0.3 is 5.97 Å².